The van der Waals surface area contributed by atoms with E-state index in [-0.39, 0.29) is 29.4 Å². The van der Waals surface area contributed by atoms with Gasteiger partial charge in [-0.25, -0.2) is 8.42 Å². The van der Waals surface area contributed by atoms with Crippen LogP contribution in [0.15, 0.2) is 0 Å². The smallest absolute Gasteiger partial charge is 0.235 e. The standard InChI is InChI=1S/C12H20N2O5S/c1-19-6-5-13-10(15)12(3-4-12)11(16)14-9-2-7-20(17,18)8-9/h9H,2-8H2,1H3,(H,13,15)(H,14,16). The molecule has 0 radical (unpaired) electrons. The van der Waals surface area contributed by atoms with Crippen molar-refractivity contribution in [3.05, 3.63) is 0 Å². The van der Waals surface area contributed by atoms with Crippen molar-refractivity contribution in [2.75, 3.05) is 31.8 Å². The van der Waals surface area contributed by atoms with Crippen LogP contribution < -0.4 is 10.6 Å². The van der Waals surface area contributed by atoms with Crippen LogP contribution in [0.2, 0.25) is 0 Å². The Morgan fingerprint density at radius 1 is 1.30 bits per heavy atom. The summed E-state index contributed by atoms with van der Waals surface area (Å²) >= 11 is 0. The maximum atomic E-state index is 12.2. The van der Waals surface area contributed by atoms with Gasteiger partial charge in [-0.3, -0.25) is 9.59 Å². The first kappa shape index (κ1) is 15.2. The van der Waals surface area contributed by atoms with Crippen LogP contribution >= 0.6 is 0 Å². The van der Waals surface area contributed by atoms with Gasteiger partial charge >= 0.3 is 0 Å². The highest BCUT2D eigenvalue weighted by molar-refractivity contribution is 7.91. The second-order valence-corrected chi connectivity index (χ2v) is 7.63. The maximum absolute atomic E-state index is 12.2. The highest BCUT2D eigenvalue weighted by atomic mass is 32.2. The molecular formula is C12H20N2O5S. The summed E-state index contributed by atoms with van der Waals surface area (Å²) in [6, 6.07) is -0.364. The number of carbonyl (C=O) groups excluding carboxylic acids is 2. The van der Waals surface area contributed by atoms with Crippen LogP contribution in [0.4, 0.5) is 0 Å². The number of amides is 2. The summed E-state index contributed by atoms with van der Waals surface area (Å²) in [4.78, 5) is 24.2. The summed E-state index contributed by atoms with van der Waals surface area (Å²) in [5.74, 6) is -0.576. The van der Waals surface area contributed by atoms with Gasteiger partial charge in [0.2, 0.25) is 11.8 Å². The lowest BCUT2D eigenvalue weighted by Gasteiger charge is -2.18. The highest BCUT2D eigenvalue weighted by Gasteiger charge is 2.56. The molecular weight excluding hydrogens is 284 g/mol. The molecule has 2 amide bonds. The van der Waals surface area contributed by atoms with Gasteiger partial charge in [0, 0.05) is 19.7 Å². The highest BCUT2D eigenvalue weighted by Crippen LogP contribution is 2.46. The number of nitrogens with one attached hydrogen (secondary N) is 2. The average Bonchev–Trinajstić information content (AvgIpc) is 3.11. The summed E-state index contributed by atoms with van der Waals surface area (Å²) in [5.41, 5.74) is -1.000. The number of hydrogen-bond donors (Lipinski definition) is 2. The third kappa shape index (κ3) is 3.29. The first-order chi connectivity index (χ1) is 9.39. The van der Waals surface area contributed by atoms with Gasteiger partial charge in [-0.15, -0.1) is 0 Å². The Morgan fingerprint density at radius 2 is 2.00 bits per heavy atom. The van der Waals surface area contributed by atoms with Gasteiger partial charge in [-0.05, 0) is 19.3 Å². The first-order valence-corrected chi connectivity index (χ1v) is 8.50. The molecule has 0 aromatic carbocycles. The fourth-order valence-corrected chi connectivity index (χ4v) is 4.02. The molecule has 2 N–H and O–H groups in total. The second kappa shape index (κ2) is 5.69. The Balaban J connectivity index is 1.87. The molecule has 8 heteroatoms. The SMILES string of the molecule is COCCNC(=O)C1(C(=O)NC2CCS(=O)(=O)C2)CC1. The average molecular weight is 304 g/mol. The van der Waals surface area contributed by atoms with Gasteiger partial charge in [0.1, 0.15) is 5.41 Å². The normalized spacial score (nSPS) is 25.9. The molecule has 1 atom stereocenters. The van der Waals surface area contributed by atoms with Crippen LogP contribution in [0.25, 0.3) is 0 Å². The van der Waals surface area contributed by atoms with E-state index < -0.39 is 15.3 Å². The minimum Gasteiger partial charge on any atom is -0.383 e. The zero-order valence-electron chi connectivity index (χ0n) is 11.5. The minimum absolute atomic E-state index is 0.0277. The van der Waals surface area contributed by atoms with Crippen LogP contribution in [0, 0.1) is 5.41 Å². The Kier molecular flexibility index (Phi) is 4.33. The van der Waals surface area contributed by atoms with Gasteiger partial charge in [-0.2, -0.15) is 0 Å². The van der Waals surface area contributed by atoms with Crippen molar-refractivity contribution in [1.29, 1.82) is 0 Å². The molecule has 0 aromatic rings. The van der Waals surface area contributed by atoms with Gasteiger partial charge in [-0.1, -0.05) is 0 Å². The zero-order chi connectivity index (χ0) is 14.8. The predicted octanol–water partition coefficient (Wildman–Crippen LogP) is -1.17. The van der Waals surface area contributed by atoms with E-state index in [1.165, 1.54) is 7.11 Å². The Labute approximate surface area is 118 Å². The molecule has 2 fully saturated rings. The molecule has 1 aliphatic carbocycles. The number of rotatable bonds is 6. The summed E-state index contributed by atoms with van der Waals surface area (Å²) < 4.78 is 27.5. The minimum atomic E-state index is -3.04. The molecule has 0 bridgehead atoms. The predicted molar refractivity (Wildman–Crippen MR) is 71.8 cm³/mol. The monoisotopic (exact) mass is 304 g/mol. The van der Waals surface area contributed by atoms with Gasteiger partial charge in [0.05, 0.1) is 18.1 Å². The lowest BCUT2D eigenvalue weighted by Crippen LogP contribution is -2.47. The Hall–Kier alpha value is -1.15. The van der Waals surface area contributed by atoms with E-state index in [9.17, 15) is 18.0 Å². The van der Waals surface area contributed by atoms with Crippen molar-refractivity contribution in [3.63, 3.8) is 0 Å². The fourth-order valence-electron chi connectivity index (χ4n) is 2.35. The summed E-state index contributed by atoms with van der Waals surface area (Å²) in [6.45, 7) is 0.756. The van der Waals surface area contributed by atoms with Crippen LogP contribution in [-0.2, 0) is 24.2 Å². The van der Waals surface area contributed by atoms with Crippen molar-refractivity contribution >= 4 is 21.7 Å². The van der Waals surface area contributed by atoms with E-state index >= 15 is 0 Å². The zero-order valence-corrected chi connectivity index (χ0v) is 12.3. The van der Waals surface area contributed by atoms with Crippen molar-refractivity contribution in [1.82, 2.24) is 10.6 Å². The van der Waals surface area contributed by atoms with Crippen molar-refractivity contribution in [2.24, 2.45) is 5.41 Å². The fraction of sp³-hybridized carbons (Fsp3) is 0.833. The Morgan fingerprint density at radius 3 is 2.50 bits per heavy atom. The van der Waals surface area contributed by atoms with Crippen molar-refractivity contribution in [3.8, 4) is 0 Å². The number of carbonyl (C=O) groups is 2. The van der Waals surface area contributed by atoms with Crippen LogP contribution in [-0.4, -0.2) is 58.0 Å². The van der Waals surface area contributed by atoms with Gasteiger partial charge in [0.15, 0.2) is 9.84 Å². The molecule has 1 saturated heterocycles. The Bertz CT molecular complexity index is 498. The lowest BCUT2D eigenvalue weighted by atomic mass is 10.0. The van der Waals surface area contributed by atoms with Gasteiger partial charge in [0.25, 0.3) is 0 Å². The summed E-state index contributed by atoms with van der Waals surface area (Å²) in [6.07, 6.45) is 1.45. The van der Waals surface area contributed by atoms with E-state index in [1.807, 2.05) is 0 Å². The van der Waals surface area contributed by atoms with E-state index in [2.05, 4.69) is 10.6 Å². The molecule has 1 unspecified atom stereocenters. The lowest BCUT2D eigenvalue weighted by molar-refractivity contribution is -0.137. The quantitative estimate of drug-likeness (QED) is 0.476. The van der Waals surface area contributed by atoms with Crippen molar-refractivity contribution in [2.45, 2.75) is 25.3 Å². The summed E-state index contributed by atoms with van der Waals surface area (Å²) in [7, 11) is -1.50. The van der Waals surface area contributed by atoms with E-state index in [0.717, 1.165) is 0 Å². The molecule has 1 heterocycles. The number of hydrogen-bond acceptors (Lipinski definition) is 5. The molecule has 20 heavy (non-hydrogen) atoms. The topological polar surface area (TPSA) is 102 Å². The third-order valence-corrected chi connectivity index (χ3v) is 5.55. The molecule has 0 aromatic heterocycles. The molecule has 1 aliphatic heterocycles. The van der Waals surface area contributed by atoms with E-state index in [0.29, 0.717) is 32.4 Å². The number of methoxy groups -OCH3 is 1. The number of sulfone groups is 1. The third-order valence-electron chi connectivity index (χ3n) is 3.78. The van der Waals surface area contributed by atoms with Crippen molar-refractivity contribution < 1.29 is 22.7 Å². The molecule has 0 spiro atoms. The van der Waals surface area contributed by atoms with Crippen LogP contribution in [0.3, 0.4) is 0 Å². The molecule has 114 valence electrons. The van der Waals surface area contributed by atoms with E-state index in [1.54, 1.807) is 0 Å². The first-order valence-electron chi connectivity index (χ1n) is 6.68. The molecule has 1 saturated carbocycles. The maximum Gasteiger partial charge on any atom is 0.235 e. The molecule has 2 rings (SSSR count). The molecule has 7 nitrogen and oxygen atoms in total. The van der Waals surface area contributed by atoms with Gasteiger partial charge < -0.3 is 15.4 Å². The largest absolute Gasteiger partial charge is 0.383 e. The van der Waals surface area contributed by atoms with E-state index in [4.69, 9.17) is 4.74 Å². The number of ether oxygens (including phenoxy) is 1. The van der Waals surface area contributed by atoms with Crippen LogP contribution in [0.1, 0.15) is 19.3 Å². The second-order valence-electron chi connectivity index (χ2n) is 5.40. The molecule has 2 aliphatic rings. The van der Waals surface area contributed by atoms with Crippen LogP contribution in [0.5, 0.6) is 0 Å². The summed E-state index contributed by atoms with van der Waals surface area (Å²) in [5, 5.41) is 5.36.